The van der Waals surface area contributed by atoms with Gasteiger partial charge in [-0.25, -0.2) is 18.1 Å². The van der Waals surface area contributed by atoms with Gasteiger partial charge in [0.05, 0.1) is 28.0 Å². The van der Waals surface area contributed by atoms with Crippen LogP contribution in [0.25, 0.3) is 26.9 Å². The predicted molar refractivity (Wildman–Crippen MR) is 164 cm³/mol. The molecule has 0 radical (unpaired) electrons. The molecule has 0 aliphatic heterocycles. The molecule has 0 aliphatic rings. The molecule has 4 aromatic heterocycles. The lowest BCUT2D eigenvalue weighted by Crippen LogP contribution is -2.24. The number of aromatic nitrogens is 5. The third-order valence-electron chi connectivity index (χ3n) is 7.08. The van der Waals surface area contributed by atoms with Crippen LogP contribution in [-0.4, -0.2) is 32.7 Å². The van der Waals surface area contributed by atoms with Gasteiger partial charge in [-0.2, -0.15) is 5.10 Å². The first-order valence-electron chi connectivity index (χ1n) is 13.2. The van der Waals surface area contributed by atoms with Gasteiger partial charge < -0.3 is 0 Å². The number of nitrogens with zero attached hydrogens (tertiary/aromatic N) is 5. The van der Waals surface area contributed by atoms with Crippen molar-refractivity contribution in [3.8, 4) is 5.69 Å². The molecule has 0 fully saturated rings. The molecule has 1 atom stereocenters. The minimum Gasteiger partial charge on any atom is -0.288 e. The Labute approximate surface area is 245 Å². The third kappa shape index (κ3) is 4.41. The first kappa shape index (κ1) is 26.0. The summed E-state index contributed by atoms with van der Waals surface area (Å²) in [5.74, 6) is 0. The smallest absolute Gasteiger partial charge is 0.288 e. The first-order valence-corrected chi connectivity index (χ1v) is 15.6. The second-order valence-corrected chi connectivity index (χ2v) is 12.8. The molecule has 0 bridgehead atoms. The molecular weight excluding hydrogens is 567 g/mol. The molecule has 1 unspecified atom stereocenters. The van der Waals surface area contributed by atoms with E-state index in [0.29, 0.717) is 38.5 Å². The van der Waals surface area contributed by atoms with Crippen LogP contribution in [-0.2, 0) is 16.4 Å². The number of thiazole rings is 1. The topological polar surface area (TPSA) is 99.7 Å². The first-order chi connectivity index (χ1) is 20.5. The van der Waals surface area contributed by atoms with E-state index in [1.54, 1.807) is 65.5 Å². The average molecular weight is 590 g/mol. The van der Waals surface area contributed by atoms with Crippen LogP contribution < -0.4 is 5.56 Å². The van der Waals surface area contributed by atoms with Gasteiger partial charge in [0.15, 0.2) is 20.7 Å². The summed E-state index contributed by atoms with van der Waals surface area (Å²) in [5.41, 5.74) is 2.74. The van der Waals surface area contributed by atoms with E-state index < -0.39 is 15.1 Å². The molecular formula is C32H23N5O3S2. The second-order valence-electron chi connectivity index (χ2n) is 9.72. The van der Waals surface area contributed by atoms with Crippen LogP contribution in [0.4, 0.5) is 0 Å². The zero-order valence-electron chi connectivity index (χ0n) is 22.1. The van der Waals surface area contributed by atoms with Gasteiger partial charge in [0, 0.05) is 17.3 Å². The molecule has 0 amide bonds. The Kier molecular flexibility index (Phi) is 6.49. The van der Waals surface area contributed by atoms with Crippen molar-refractivity contribution in [2.45, 2.75) is 16.7 Å². The van der Waals surface area contributed by atoms with Crippen LogP contribution in [0.2, 0.25) is 0 Å². The van der Waals surface area contributed by atoms with Crippen LogP contribution in [0.1, 0.15) is 21.5 Å². The molecule has 8 nitrogen and oxygen atoms in total. The summed E-state index contributed by atoms with van der Waals surface area (Å²) < 4.78 is 32.1. The van der Waals surface area contributed by atoms with Crippen molar-refractivity contribution >= 4 is 42.4 Å². The minimum atomic E-state index is -3.92. The Bertz CT molecular complexity index is 2200. The maximum Gasteiger partial charge on any atom is 0.292 e. The lowest BCUT2D eigenvalue weighted by molar-refractivity contribution is 0.588. The van der Waals surface area contributed by atoms with Crippen molar-refractivity contribution < 1.29 is 8.42 Å². The number of para-hydroxylation sites is 1. The van der Waals surface area contributed by atoms with Gasteiger partial charge in [-0.3, -0.25) is 14.3 Å². The molecule has 4 heterocycles. The van der Waals surface area contributed by atoms with Gasteiger partial charge in [-0.05, 0) is 42.0 Å². The van der Waals surface area contributed by atoms with Gasteiger partial charge in [-0.1, -0.05) is 72.8 Å². The van der Waals surface area contributed by atoms with Crippen molar-refractivity contribution in [2.24, 2.45) is 0 Å². The Balaban J connectivity index is 1.48. The van der Waals surface area contributed by atoms with Crippen molar-refractivity contribution in [1.29, 1.82) is 0 Å². The zero-order valence-corrected chi connectivity index (χ0v) is 23.7. The summed E-state index contributed by atoms with van der Waals surface area (Å²) in [5, 5.41) is 4.35. The summed E-state index contributed by atoms with van der Waals surface area (Å²) in [7, 11) is -3.92. The number of benzene rings is 3. The minimum absolute atomic E-state index is 0.182. The standard InChI is InChI=1S/C32H23N5O3S2/c38-32-27-25(20-34-36(32)21-22-12-4-1-5-13-22)28-30(37(27)23-14-6-2-7-15-23)35-31(41-28)29(26-18-10-11-19-33-26)42(39,40)24-16-8-3-9-17-24/h1-20,29H,21H2. The van der Waals surface area contributed by atoms with Crippen LogP contribution >= 0.6 is 11.3 Å². The summed E-state index contributed by atoms with van der Waals surface area (Å²) in [4.78, 5) is 23.5. The summed E-state index contributed by atoms with van der Waals surface area (Å²) in [6.45, 7) is 0.318. The van der Waals surface area contributed by atoms with E-state index in [0.717, 1.165) is 11.3 Å². The Morgan fingerprint density at radius 3 is 2.17 bits per heavy atom. The summed E-state index contributed by atoms with van der Waals surface area (Å²) in [6.07, 6.45) is 3.25. The maximum atomic E-state index is 14.1. The highest BCUT2D eigenvalue weighted by atomic mass is 32.2. The van der Waals surface area contributed by atoms with Gasteiger partial charge in [0.2, 0.25) is 0 Å². The van der Waals surface area contributed by atoms with Crippen LogP contribution in [0.5, 0.6) is 0 Å². The lowest BCUT2D eigenvalue weighted by Gasteiger charge is -2.15. The highest BCUT2D eigenvalue weighted by Crippen LogP contribution is 2.41. The molecule has 10 heteroatoms. The number of rotatable bonds is 7. The number of pyridine rings is 1. The second kappa shape index (κ2) is 10.5. The molecule has 7 aromatic rings. The SMILES string of the molecule is O=c1c2c(cnn1Cc1ccccc1)c1sc(C(c3ccccn3)S(=O)(=O)c3ccccc3)nc1n2-c1ccccc1. The van der Waals surface area contributed by atoms with E-state index in [9.17, 15) is 13.2 Å². The van der Waals surface area contributed by atoms with E-state index in [1.165, 1.54) is 16.0 Å². The lowest BCUT2D eigenvalue weighted by atomic mass is 10.2. The Morgan fingerprint density at radius 2 is 1.48 bits per heavy atom. The molecule has 0 aliphatic carbocycles. The molecule has 0 saturated carbocycles. The fourth-order valence-electron chi connectivity index (χ4n) is 5.13. The van der Waals surface area contributed by atoms with Gasteiger partial charge in [0.1, 0.15) is 10.5 Å². The normalized spacial score (nSPS) is 12.6. The van der Waals surface area contributed by atoms with E-state index in [4.69, 9.17) is 4.98 Å². The van der Waals surface area contributed by atoms with E-state index in [-0.39, 0.29) is 10.5 Å². The van der Waals surface area contributed by atoms with Crippen molar-refractivity contribution in [2.75, 3.05) is 0 Å². The molecule has 0 N–H and O–H groups in total. The molecule has 0 spiro atoms. The Hall–Kier alpha value is -4.93. The summed E-state index contributed by atoms with van der Waals surface area (Å²) in [6, 6.07) is 32.7. The van der Waals surface area contributed by atoms with Crippen LogP contribution in [0.3, 0.4) is 0 Å². The van der Waals surface area contributed by atoms with Crippen molar-refractivity contribution in [3.63, 3.8) is 0 Å². The predicted octanol–water partition coefficient (Wildman–Crippen LogP) is 5.80. The third-order valence-corrected chi connectivity index (χ3v) is 10.4. The molecule has 206 valence electrons. The number of hydrogen-bond acceptors (Lipinski definition) is 7. The van der Waals surface area contributed by atoms with E-state index >= 15 is 0 Å². The monoisotopic (exact) mass is 589 g/mol. The van der Waals surface area contributed by atoms with Gasteiger partial charge >= 0.3 is 0 Å². The molecule has 3 aromatic carbocycles. The maximum absolute atomic E-state index is 14.1. The van der Waals surface area contributed by atoms with Crippen molar-refractivity contribution in [3.05, 3.63) is 148 Å². The average Bonchev–Trinajstić information content (AvgIpc) is 3.58. The molecule has 0 saturated heterocycles. The number of fused-ring (bicyclic) bond motifs is 3. The van der Waals surface area contributed by atoms with Crippen LogP contribution in [0.15, 0.2) is 131 Å². The molecule has 7 rings (SSSR count). The largest absolute Gasteiger partial charge is 0.292 e. The molecule has 42 heavy (non-hydrogen) atoms. The summed E-state index contributed by atoms with van der Waals surface area (Å²) >= 11 is 1.25. The number of hydrogen-bond donors (Lipinski definition) is 0. The highest BCUT2D eigenvalue weighted by molar-refractivity contribution is 7.92. The quantitative estimate of drug-likeness (QED) is 0.233. The van der Waals surface area contributed by atoms with E-state index in [1.807, 2.05) is 60.7 Å². The number of sulfone groups is 1. The van der Waals surface area contributed by atoms with Gasteiger partial charge in [0.25, 0.3) is 5.56 Å². The van der Waals surface area contributed by atoms with E-state index in [2.05, 4.69) is 10.1 Å². The zero-order chi connectivity index (χ0) is 28.7. The fraction of sp³-hybridized carbons (Fsp3) is 0.0625. The van der Waals surface area contributed by atoms with Crippen LogP contribution in [0, 0.1) is 0 Å². The van der Waals surface area contributed by atoms with Gasteiger partial charge in [-0.15, -0.1) is 11.3 Å². The van der Waals surface area contributed by atoms with Crippen molar-refractivity contribution in [1.82, 2.24) is 24.3 Å². The fourth-order valence-corrected chi connectivity index (χ4v) is 8.29. The Morgan fingerprint density at radius 1 is 0.810 bits per heavy atom. The highest BCUT2D eigenvalue weighted by Gasteiger charge is 2.36.